The van der Waals surface area contributed by atoms with Crippen LogP contribution in [0.2, 0.25) is 5.02 Å². The number of thiazole rings is 1. The summed E-state index contributed by atoms with van der Waals surface area (Å²) in [7, 11) is 1.70. The second-order valence-corrected chi connectivity index (χ2v) is 7.47. The van der Waals surface area contributed by atoms with Crippen molar-refractivity contribution < 1.29 is 9.59 Å². The van der Waals surface area contributed by atoms with Crippen LogP contribution in [0.4, 0.5) is 0 Å². The smallest absolute Gasteiger partial charge is 0.253 e. The molecule has 1 heterocycles. The van der Waals surface area contributed by atoms with Crippen molar-refractivity contribution in [3.63, 3.8) is 0 Å². The molecule has 0 aliphatic carbocycles. The van der Waals surface area contributed by atoms with E-state index in [1.807, 2.05) is 24.3 Å². The first kappa shape index (κ1) is 18.4. The lowest BCUT2D eigenvalue weighted by atomic mass is 10.2. The summed E-state index contributed by atoms with van der Waals surface area (Å²) in [5, 5.41) is 3.91. The zero-order chi connectivity index (χ0) is 18.7. The molecule has 0 aliphatic rings. The fourth-order valence-electron chi connectivity index (χ4n) is 2.58. The first-order chi connectivity index (χ1) is 12.5. The van der Waals surface area contributed by atoms with E-state index in [1.165, 1.54) is 0 Å². The van der Waals surface area contributed by atoms with Crippen molar-refractivity contribution in [1.29, 1.82) is 0 Å². The Kier molecular flexibility index (Phi) is 5.54. The van der Waals surface area contributed by atoms with E-state index in [9.17, 15) is 9.59 Å². The summed E-state index contributed by atoms with van der Waals surface area (Å²) < 4.78 is 1.09. The van der Waals surface area contributed by atoms with E-state index < -0.39 is 6.04 Å². The molecule has 0 saturated carbocycles. The summed E-state index contributed by atoms with van der Waals surface area (Å²) in [6.07, 6.45) is 0. The van der Waals surface area contributed by atoms with Gasteiger partial charge in [-0.25, -0.2) is 4.98 Å². The molecule has 26 heavy (non-hydrogen) atoms. The molecule has 0 fully saturated rings. The number of fused-ring (bicyclic) bond motifs is 1. The van der Waals surface area contributed by atoms with Gasteiger partial charge in [0.05, 0.1) is 27.3 Å². The maximum Gasteiger partial charge on any atom is 0.253 e. The predicted octanol–water partition coefficient (Wildman–Crippen LogP) is 3.73. The molecule has 3 aromatic rings. The van der Waals surface area contributed by atoms with Gasteiger partial charge in [-0.1, -0.05) is 35.9 Å². The summed E-state index contributed by atoms with van der Waals surface area (Å²) in [4.78, 5) is 31.0. The molecule has 0 radical (unpaired) electrons. The van der Waals surface area contributed by atoms with Gasteiger partial charge in [0, 0.05) is 7.05 Å². The number of hydrogen-bond acceptors (Lipinski definition) is 4. The first-order valence-electron chi connectivity index (χ1n) is 8.10. The fraction of sp³-hybridized carbons (Fsp3) is 0.211. The number of nitrogens with zero attached hydrogens (tertiary/aromatic N) is 2. The number of halogens is 1. The lowest BCUT2D eigenvalue weighted by Crippen LogP contribution is -2.45. The summed E-state index contributed by atoms with van der Waals surface area (Å²) in [6, 6.07) is 13.9. The molecule has 1 aromatic heterocycles. The Morgan fingerprint density at radius 1 is 1.19 bits per heavy atom. The Balaban J connectivity index is 1.64. The van der Waals surface area contributed by atoms with Crippen LogP contribution in [-0.2, 0) is 11.3 Å². The highest BCUT2D eigenvalue weighted by molar-refractivity contribution is 7.18. The Labute approximate surface area is 160 Å². The molecule has 5 nitrogen and oxygen atoms in total. The predicted molar refractivity (Wildman–Crippen MR) is 104 cm³/mol. The zero-order valence-electron chi connectivity index (χ0n) is 14.4. The van der Waals surface area contributed by atoms with Gasteiger partial charge >= 0.3 is 0 Å². The normalized spacial score (nSPS) is 12.0. The van der Waals surface area contributed by atoms with Crippen LogP contribution in [0.3, 0.4) is 0 Å². The van der Waals surface area contributed by atoms with E-state index in [-0.39, 0.29) is 11.8 Å². The van der Waals surface area contributed by atoms with Crippen LogP contribution >= 0.6 is 22.9 Å². The molecule has 0 bridgehead atoms. The van der Waals surface area contributed by atoms with Crippen molar-refractivity contribution in [1.82, 2.24) is 15.2 Å². The highest BCUT2D eigenvalue weighted by Crippen LogP contribution is 2.22. The summed E-state index contributed by atoms with van der Waals surface area (Å²) in [5.41, 5.74) is 1.27. The number of aromatic nitrogens is 1. The summed E-state index contributed by atoms with van der Waals surface area (Å²) >= 11 is 7.59. The molecule has 0 spiro atoms. The molecule has 2 amide bonds. The van der Waals surface area contributed by atoms with Crippen molar-refractivity contribution in [2.75, 3.05) is 7.05 Å². The Bertz CT molecular complexity index is 924. The molecule has 0 unspecified atom stereocenters. The van der Waals surface area contributed by atoms with Gasteiger partial charge < -0.3 is 10.2 Å². The Hall–Kier alpha value is -2.44. The van der Waals surface area contributed by atoms with Crippen LogP contribution in [0.25, 0.3) is 10.2 Å². The Morgan fingerprint density at radius 2 is 1.88 bits per heavy atom. The second-order valence-electron chi connectivity index (χ2n) is 5.94. The Morgan fingerprint density at radius 3 is 2.62 bits per heavy atom. The zero-order valence-corrected chi connectivity index (χ0v) is 16.0. The number of likely N-dealkylation sites (N-methyl/N-ethyl adjacent to an activating group) is 1. The second kappa shape index (κ2) is 7.85. The lowest BCUT2D eigenvalue weighted by molar-refractivity contribution is -0.132. The van der Waals surface area contributed by atoms with Crippen LogP contribution in [0, 0.1) is 0 Å². The maximum atomic E-state index is 12.6. The number of carbonyl (C=O) groups is 2. The number of rotatable bonds is 5. The highest BCUT2D eigenvalue weighted by atomic mass is 35.5. The minimum absolute atomic E-state index is 0.190. The first-order valence-corrected chi connectivity index (χ1v) is 9.30. The molecule has 7 heteroatoms. The van der Waals surface area contributed by atoms with E-state index in [0.717, 1.165) is 15.2 Å². The van der Waals surface area contributed by atoms with Crippen LogP contribution in [0.15, 0.2) is 48.5 Å². The molecule has 1 atom stereocenters. The third kappa shape index (κ3) is 4.03. The largest absolute Gasteiger partial charge is 0.340 e. The van der Waals surface area contributed by atoms with E-state index in [2.05, 4.69) is 10.3 Å². The number of carbonyl (C=O) groups excluding carboxylic acids is 2. The average Bonchev–Trinajstić information content (AvgIpc) is 3.03. The van der Waals surface area contributed by atoms with Crippen LogP contribution in [0.1, 0.15) is 22.3 Å². The van der Waals surface area contributed by atoms with Crippen molar-refractivity contribution in [2.24, 2.45) is 0 Å². The number of para-hydroxylation sites is 1. The van der Waals surface area contributed by atoms with Crippen LogP contribution in [-0.4, -0.2) is 34.8 Å². The molecular formula is C19H18ClN3O2S. The van der Waals surface area contributed by atoms with Gasteiger partial charge in [-0.15, -0.1) is 11.3 Å². The van der Waals surface area contributed by atoms with Gasteiger partial charge in [0.25, 0.3) is 5.91 Å². The van der Waals surface area contributed by atoms with Gasteiger partial charge in [0.1, 0.15) is 11.0 Å². The highest BCUT2D eigenvalue weighted by Gasteiger charge is 2.22. The number of hydrogen-bond donors (Lipinski definition) is 1. The van der Waals surface area contributed by atoms with E-state index in [4.69, 9.17) is 11.6 Å². The molecule has 1 N–H and O–H groups in total. The van der Waals surface area contributed by atoms with Gasteiger partial charge in [-0.05, 0) is 31.2 Å². The van der Waals surface area contributed by atoms with Gasteiger partial charge in [0.15, 0.2) is 0 Å². The fourth-order valence-corrected chi connectivity index (χ4v) is 3.82. The standard InChI is InChI=1S/C19H18ClN3O2S/c1-12(21-18(24)13-7-3-4-8-14(13)20)19(25)23(2)11-17-22-15-9-5-6-10-16(15)26-17/h3-10,12H,11H2,1-2H3,(H,21,24)/t12-/m0/s1. The quantitative estimate of drug-likeness (QED) is 0.725. The van der Waals surface area contributed by atoms with Crippen molar-refractivity contribution >= 4 is 45.0 Å². The van der Waals surface area contributed by atoms with E-state index in [1.54, 1.807) is 54.5 Å². The van der Waals surface area contributed by atoms with Gasteiger partial charge in [-0.2, -0.15) is 0 Å². The third-order valence-corrected chi connectivity index (χ3v) is 5.27. The average molecular weight is 388 g/mol. The lowest BCUT2D eigenvalue weighted by Gasteiger charge is -2.21. The molecule has 3 rings (SSSR count). The molecular weight excluding hydrogens is 370 g/mol. The molecule has 0 saturated heterocycles. The summed E-state index contributed by atoms with van der Waals surface area (Å²) in [5.74, 6) is -0.561. The van der Waals surface area contributed by atoms with Crippen molar-refractivity contribution in [3.8, 4) is 0 Å². The van der Waals surface area contributed by atoms with Gasteiger partial charge in [0.2, 0.25) is 5.91 Å². The third-order valence-electron chi connectivity index (χ3n) is 3.92. The number of amides is 2. The minimum atomic E-state index is -0.668. The number of benzene rings is 2. The topological polar surface area (TPSA) is 62.3 Å². The van der Waals surface area contributed by atoms with E-state index in [0.29, 0.717) is 17.1 Å². The molecule has 134 valence electrons. The monoisotopic (exact) mass is 387 g/mol. The molecule has 0 aliphatic heterocycles. The van der Waals surface area contributed by atoms with E-state index >= 15 is 0 Å². The summed E-state index contributed by atoms with van der Waals surface area (Å²) in [6.45, 7) is 2.05. The van der Waals surface area contributed by atoms with Crippen molar-refractivity contribution in [2.45, 2.75) is 19.5 Å². The number of nitrogens with one attached hydrogen (secondary N) is 1. The minimum Gasteiger partial charge on any atom is -0.340 e. The maximum absolute atomic E-state index is 12.6. The SMILES string of the molecule is C[C@H](NC(=O)c1ccccc1Cl)C(=O)N(C)Cc1nc2ccccc2s1. The van der Waals surface area contributed by atoms with Crippen molar-refractivity contribution in [3.05, 3.63) is 64.1 Å². The molecule has 2 aromatic carbocycles. The van der Waals surface area contributed by atoms with Crippen LogP contribution < -0.4 is 5.32 Å². The van der Waals surface area contributed by atoms with Gasteiger partial charge in [-0.3, -0.25) is 9.59 Å². The van der Waals surface area contributed by atoms with Crippen LogP contribution in [0.5, 0.6) is 0 Å².